The molecule has 190 valence electrons. The fourth-order valence-electron chi connectivity index (χ4n) is 3.33. The molecule has 0 unspecified atom stereocenters. The molecule has 0 atom stereocenters. The topological polar surface area (TPSA) is 67.9 Å². The first-order chi connectivity index (χ1) is 17.8. The summed E-state index contributed by atoms with van der Waals surface area (Å²) >= 11 is 22.2. The molecule has 0 aromatic heterocycles. The summed E-state index contributed by atoms with van der Waals surface area (Å²) in [6, 6.07) is 17.4. The zero-order chi connectivity index (χ0) is 26.5. The molecule has 0 radical (unpaired) electrons. The molecule has 1 heterocycles. The van der Waals surface area contributed by atoms with Gasteiger partial charge in [0, 0.05) is 21.2 Å². The number of carbonyl (C=O) groups excluding carboxylic acids is 2. The monoisotopic (exact) mass is 636 g/mol. The van der Waals surface area contributed by atoms with Crippen LogP contribution in [-0.2, 0) is 11.4 Å². The van der Waals surface area contributed by atoms with E-state index in [0.29, 0.717) is 48.7 Å². The predicted molar refractivity (Wildman–Crippen MR) is 155 cm³/mol. The van der Waals surface area contributed by atoms with Gasteiger partial charge in [-0.1, -0.05) is 59.2 Å². The highest BCUT2D eigenvalue weighted by atomic mass is 79.9. The molecule has 0 bridgehead atoms. The zero-order valence-corrected chi connectivity index (χ0v) is 24.0. The minimum absolute atomic E-state index is 0.202. The fourth-order valence-corrected chi connectivity index (χ4v) is 5.55. The largest absolute Gasteiger partial charge is 0.490 e. The Bertz CT molecular complexity index is 1400. The van der Waals surface area contributed by atoms with Crippen LogP contribution in [0.5, 0.6) is 11.5 Å². The van der Waals surface area contributed by atoms with Gasteiger partial charge < -0.3 is 9.47 Å². The number of benzene rings is 3. The summed E-state index contributed by atoms with van der Waals surface area (Å²) in [5, 5.41) is 2.12. The zero-order valence-electron chi connectivity index (χ0n) is 19.3. The smallest absolute Gasteiger partial charge is 0.285 e. The standard InChI is InChI=1S/C26H19BrCl2N2O4S2/c1-2-34-21-11-15(10-19(27)23(21)35-14-17-8-9-18(28)13-20(17)29)12-22-25(33)31(26(36)37-22)30-24(32)16-6-4-3-5-7-16/h3-13H,2,14H2,1H3,(H,30,32)/b22-12-. The molecule has 1 aliphatic rings. The number of thioether (sulfide) groups is 1. The Morgan fingerprint density at radius 1 is 1.14 bits per heavy atom. The summed E-state index contributed by atoms with van der Waals surface area (Å²) < 4.78 is 12.7. The lowest BCUT2D eigenvalue weighted by Gasteiger charge is -2.16. The number of carbonyl (C=O) groups is 2. The van der Waals surface area contributed by atoms with Crippen LogP contribution in [0.1, 0.15) is 28.4 Å². The Labute approximate surface area is 242 Å². The van der Waals surface area contributed by atoms with Crippen molar-refractivity contribution in [2.24, 2.45) is 0 Å². The third-order valence-electron chi connectivity index (χ3n) is 5.06. The number of hydrogen-bond donors (Lipinski definition) is 1. The van der Waals surface area contributed by atoms with Gasteiger partial charge in [-0.05, 0) is 83.1 Å². The Kier molecular flexibility index (Phi) is 9.15. The molecular formula is C26H19BrCl2N2O4S2. The molecule has 1 aliphatic heterocycles. The van der Waals surface area contributed by atoms with E-state index in [1.807, 2.05) is 6.92 Å². The van der Waals surface area contributed by atoms with E-state index >= 15 is 0 Å². The summed E-state index contributed by atoms with van der Waals surface area (Å²) in [5.74, 6) is 0.127. The minimum Gasteiger partial charge on any atom is -0.490 e. The molecule has 37 heavy (non-hydrogen) atoms. The van der Waals surface area contributed by atoms with Gasteiger partial charge in [-0.15, -0.1) is 0 Å². The van der Waals surface area contributed by atoms with Gasteiger partial charge >= 0.3 is 0 Å². The van der Waals surface area contributed by atoms with Crippen molar-refractivity contribution < 1.29 is 19.1 Å². The Hall–Kier alpha value is -2.56. The van der Waals surface area contributed by atoms with Crippen molar-refractivity contribution in [1.29, 1.82) is 0 Å². The van der Waals surface area contributed by atoms with Crippen LogP contribution in [0.4, 0.5) is 0 Å². The number of rotatable bonds is 8. The van der Waals surface area contributed by atoms with Crippen LogP contribution < -0.4 is 14.9 Å². The molecule has 0 aliphatic carbocycles. The van der Waals surface area contributed by atoms with E-state index < -0.39 is 11.8 Å². The molecule has 6 nitrogen and oxygen atoms in total. The second-order valence-corrected chi connectivity index (χ2v) is 11.0. The van der Waals surface area contributed by atoms with Gasteiger partial charge in [0.1, 0.15) is 6.61 Å². The first-order valence-electron chi connectivity index (χ1n) is 10.9. The Morgan fingerprint density at radius 3 is 2.59 bits per heavy atom. The predicted octanol–water partition coefficient (Wildman–Crippen LogP) is 7.28. The molecule has 0 saturated carbocycles. The third-order valence-corrected chi connectivity index (χ3v) is 7.54. The van der Waals surface area contributed by atoms with Crippen molar-refractivity contribution in [2.45, 2.75) is 13.5 Å². The first-order valence-corrected chi connectivity index (χ1v) is 13.7. The molecule has 1 N–H and O–H groups in total. The Morgan fingerprint density at radius 2 is 1.89 bits per heavy atom. The SMILES string of the molecule is CCOc1cc(/C=C2\SC(=S)N(NC(=O)c3ccccc3)C2=O)cc(Br)c1OCc1ccc(Cl)cc1Cl. The Balaban J connectivity index is 1.54. The van der Waals surface area contributed by atoms with Crippen molar-refractivity contribution >= 4 is 85.3 Å². The van der Waals surface area contributed by atoms with Gasteiger partial charge in [-0.2, -0.15) is 5.01 Å². The van der Waals surface area contributed by atoms with E-state index in [4.69, 9.17) is 44.9 Å². The van der Waals surface area contributed by atoms with E-state index in [1.165, 1.54) is 0 Å². The highest BCUT2D eigenvalue weighted by Crippen LogP contribution is 2.40. The van der Waals surface area contributed by atoms with Gasteiger partial charge in [0.25, 0.3) is 11.8 Å². The number of nitrogens with zero attached hydrogens (tertiary/aromatic N) is 1. The number of nitrogens with one attached hydrogen (secondary N) is 1. The number of ether oxygens (including phenoxy) is 2. The van der Waals surface area contributed by atoms with Crippen molar-refractivity contribution in [3.8, 4) is 11.5 Å². The van der Waals surface area contributed by atoms with Crippen LogP contribution in [-0.4, -0.2) is 27.8 Å². The van der Waals surface area contributed by atoms with Crippen LogP contribution in [0, 0.1) is 0 Å². The number of thiocarbonyl (C=S) groups is 1. The van der Waals surface area contributed by atoms with E-state index in [2.05, 4.69) is 21.4 Å². The lowest BCUT2D eigenvalue weighted by Crippen LogP contribution is -2.44. The molecule has 3 aromatic rings. The highest BCUT2D eigenvalue weighted by Gasteiger charge is 2.34. The minimum atomic E-state index is -0.429. The van der Waals surface area contributed by atoms with Crippen LogP contribution >= 0.6 is 63.1 Å². The molecule has 1 saturated heterocycles. The molecule has 1 fully saturated rings. The summed E-state index contributed by atoms with van der Waals surface area (Å²) in [5.41, 5.74) is 4.44. The highest BCUT2D eigenvalue weighted by molar-refractivity contribution is 9.10. The molecule has 2 amide bonds. The second-order valence-electron chi connectivity index (χ2n) is 7.61. The number of amides is 2. The normalized spacial score (nSPS) is 14.3. The number of hydrazine groups is 1. The summed E-state index contributed by atoms with van der Waals surface area (Å²) in [6.07, 6.45) is 1.68. The maximum atomic E-state index is 13.0. The molecule has 3 aromatic carbocycles. The first kappa shape index (κ1) is 27.5. The van der Waals surface area contributed by atoms with Gasteiger partial charge in [0.05, 0.1) is 16.0 Å². The number of halogens is 3. The fraction of sp³-hybridized carbons (Fsp3) is 0.115. The number of hydrogen-bond acceptors (Lipinski definition) is 6. The van der Waals surface area contributed by atoms with E-state index in [0.717, 1.165) is 22.3 Å². The molecule has 4 rings (SSSR count). The second kappa shape index (κ2) is 12.3. The lowest BCUT2D eigenvalue weighted by molar-refractivity contribution is -0.123. The third kappa shape index (κ3) is 6.66. The average Bonchev–Trinajstić information content (AvgIpc) is 3.12. The van der Waals surface area contributed by atoms with E-state index in [9.17, 15) is 9.59 Å². The van der Waals surface area contributed by atoms with E-state index in [1.54, 1.807) is 66.7 Å². The maximum Gasteiger partial charge on any atom is 0.285 e. The lowest BCUT2D eigenvalue weighted by atomic mass is 10.1. The molecule has 0 spiro atoms. The van der Waals surface area contributed by atoms with Gasteiger partial charge in [-0.25, -0.2) is 0 Å². The quantitative estimate of drug-likeness (QED) is 0.207. The van der Waals surface area contributed by atoms with Gasteiger partial charge in [0.2, 0.25) is 0 Å². The van der Waals surface area contributed by atoms with Crippen LogP contribution in [0.2, 0.25) is 10.0 Å². The summed E-state index contributed by atoms with van der Waals surface area (Å²) in [6.45, 7) is 2.47. The molecule has 11 heteroatoms. The summed E-state index contributed by atoms with van der Waals surface area (Å²) in [7, 11) is 0. The van der Waals surface area contributed by atoms with Crippen molar-refractivity contribution in [3.05, 3.63) is 96.8 Å². The van der Waals surface area contributed by atoms with Crippen LogP contribution in [0.25, 0.3) is 6.08 Å². The van der Waals surface area contributed by atoms with Gasteiger partial charge in [0.15, 0.2) is 15.8 Å². The molecular weight excluding hydrogens is 619 g/mol. The maximum absolute atomic E-state index is 13.0. The van der Waals surface area contributed by atoms with E-state index in [-0.39, 0.29) is 10.9 Å². The van der Waals surface area contributed by atoms with Gasteiger partial charge in [-0.3, -0.25) is 15.0 Å². The van der Waals surface area contributed by atoms with Crippen molar-refractivity contribution in [2.75, 3.05) is 6.61 Å². The van der Waals surface area contributed by atoms with Crippen LogP contribution in [0.15, 0.2) is 70.0 Å². The van der Waals surface area contributed by atoms with Crippen molar-refractivity contribution in [3.63, 3.8) is 0 Å². The summed E-state index contributed by atoms with van der Waals surface area (Å²) in [4.78, 5) is 25.9. The van der Waals surface area contributed by atoms with Crippen LogP contribution in [0.3, 0.4) is 0 Å². The van der Waals surface area contributed by atoms with Crippen molar-refractivity contribution in [1.82, 2.24) is 10.4 Å². The average molecular weight is 638 g/mol.